The van der Waals surface area contributed by atoms with Crippen LogP contribution in [0.1, 0.15) is 30.0 Å². The van der Waals surface area contributed by atoms with Gasteiger partial charge in [-0.05, 0) is 48.2 Å². The summed E-state index contributed by atoms with van der Waals surface area (Å²) in [7, 11) is 0. The van der Waals surface area contributed by atoms with E-state index in [2.05, 4.69) is 0 Å². The zero-order valence-corrected chi connectivity index (χ0v) is 11.3. The molecule has 3 heteroatoms. The molecule has 0 aliphatic heterocycles. The highest BCUT2D eigenvalue weighted by molar-refractivity contribution is 6.30. The third-order valence-electron chi connectivity index (χ3n) is 3.27. The van der Waals surface area contributed by atoms with Crippen LogP contribution in [0.25, 0.3) is 0 Å². The van der Waals surface area contributed by atoms with Crippen LogP contribution in [0.2, 0.25) is 5.02 Å². The van der Waals surface area contributed by atoms with E-state index in [1.54, 1.807) is 0 Å². The predicted octanol–water partition coefficient (Wildman–Crippen LogP) is 3.93. The summed E-state index contributed by atoms with van der Waals surface area (Å²) in [6.45, 7) is 0. The van der Waals surface area contributed by atoms with Gasteiger partial charge in [0.05, 0.1) is 12.1 Å². The van der Waals surface area contributed by atoms with E-state index in [9.17, 15) is 0 Å². The maximum Gasteiger partial charge on any atom is 0.119 e. The first kappa shape index (κ1) is 12.5. The zero-order chi connectivity index (χ0) is 13.2. The molecular weight excluding hydrogens is 258 g/mol. The molecule has 1 saturated carbocycles. The monoisotopic (exact) mass is 273 g/mol. The number of halogens is 1. The van der Waals surface area contributed by atoms with Crippen molar-refractivity contribution in [3.05, 3.63) is 64.7 Å². The van der Waals surface area contributed by atoms with Gasteiger partial charge >= 0.3 is 0 Å². The minimum absolute atomic E-state index is 0.159. The van der Waals surface area contributed by atoms with Gasteiger partial charge < -0.3 is 10.5 Å². The summed E-state index contributed by atoms with van der Waals surface area (Å²) in [4.78, 5) is 0. The lowest BCUT2D eigenvalue weighted by Crippen LogP contribution is -2.11. The first-order chi connectivity index (χ1) is 9.22. The Kier molecular flexibility index (Phi) is 3.45. The van der Waals surface area contributed by atoms with Crippen LogP contribution in [-0.2, 0) is 0 Å². The van der Waals surface area contributed by atoms with E-state index in [1.807, 2.05) is 48.5 Å². The van der Waals surface area contributed by atoms with Crippen molar-refractivity contribution in [1.29, 1.82) is 0 Å². The van der Waals surface area contributed by atoms with Crippen molar-refractivity contribution in [2.45, 2.75) is 25.0 Å². The number of hydrogen-bond acceptors (Lipinski definition) is 2. The number of nitrogens with two attached hydrogens (primary N) is 1. The molecule has 0 spiro atoms. The van der Waals surface area contributed by atoms with Crippen LogP contribution in [0.5, 0.6) is 5.75 Å². The van der Waals surface area contributed by atoms with Gasteiger partial charge in [-0.2, -0.15) is 0 Å². The molecule has 1 unspecified atom stereocenters. The number of hydrogen-bond donors (Lipinski definition) is 1. The second-order valence-corrected chi connectivity index (χ2v) is 5.36. The summed E-state index contributed by atoms with van der Waals surface area (Å²) in [6.07, 6.45) is 2.76. The fourth-order valence-electron chi connectivity index (χ4n) is 2.02. The maximum atomic E-state index is 6.25. The van der Waals surface area contributed by atoms with Crippen LogP contribution in [-0.4, -0.2) is 6.10 Å². The van der Waals surface area contributed by atoms with Gasteiger partial charge in [0.15, 0.2) is 0 Å². The Labute approximate surface area is 118 Å². The molecule has 3 rings (SSSR count). The zero-order valence-electron chi connectivity index (χ0n) is 10.6. The third-order valence-corrected chi connectivity index (χ3v) is 3.51. The van der Waals surface area contributed by atoms with Crippen LogP contribution in [0.4, 0.5) is 0 Å². The SMILES string of the molecule is NC(c1ccc(OC2CC2)cc1)c1cccc(Cl)c1. The fraction of sp³-hybridized carbons (Fsp3) is 0.250. The molecule has 19 heavy (non-hydrogen) atoms. The Morgan fingerprint density at radius 1 is 1.05 bits per heavy atom. The van der Waals surface area contributed by atoms with Gasteiger partial charge in [-0.1, -0.05) is 35.9 Å². The Hall–Kier alpha value is -1.51. The fourth-order valence-corrected chi connectivity index (χ4v) is 2.22. The van der Waals surface area contributed by atoms with E-state index < -0.39 is 0 Å². The second-order valence-electron chi connectivity index (χ2n) is 4.92. The largest absolute Gasteiger partial charge is 0.490 e. The number of rotatable bonds is 4. The second kappa shape index (κ2) is 5.24. The predicted molar refractivity (Wildman–Crippen MR) is 77.6 cm³/mol. The van der Waals surface area contributed by atoms with E-state index >= 15 is 0 Å². The summed E-state index contributed by atoms with van der Waals surface area (Å²) < 4.78 is 5.72. The van der Waals surface area contributed by atoms with Crippen LogP contribution in [0, 0.1) is 0 Å². The molecule has 1 fully saturated rings. The topological polar surface area (TPSA) is 35.2 Å². The van der Waals surface area contributed by atoms with E-state index in [0.29, 0.717) is 11.1 Å². The molecular formula is C16H16ClNO. The Morgan fingerprint density at radius 2 is 1.79 bits per heavy atom. The highest BCUT2D eigenvalue weighted by Gasteiger charge is 2.23. The lowest BCUT2D eigenvalue weighted by Gasteiger charge is -2.13. The van der Waals surface area contributed by atoms with Gasteiger partial charge in [-0.25, -0.2) is 0 Å². The van der Waals surface area contributed by atoms with E-state index in [1.165, 1.54) is 12.8 Å². The standard InChI is InChI=1S/C16H16ClNO/c17-13-3-1-2-12(10-13)16(18)11-4-6-14(7-5-11)19-15-8-9-15/h1-7,10,15-16H,8-9,18H2. The van der Waals surface area contributed by atoms with Gasteiger partial charge in [0, 0.05) is 5.02 Å². The van der Waals surface area contributed by atoms with Crippen LogP contribution in [0.3, 0.4) is 0 Å². The van der Waals surface area contributed by atoms with Crippen molar-refractivity contribution in [2.24, 2.45) is 5.73 Å². The normalized spacial score (nSPS) is 16.1. The molecule has 0 saturated heterocycles. The summed E-state index contributed by atoms with van der Waals surface area (Å²) >= 11 is 5.99. The number of benzene rings is 2. The molecule has 2 N–H and O–H groups in total. The van der Waals surface area contributed by atoms with E-state index in [4.69, 9.17) is 22.1 Å². The first-order valence-electron chi connectivity index (χ1n) is 6.50. The van der Waals surface area contributed by atoms with Crippen molar-refractivity contribution < 1.29 is 4.74 Å². The number of ether oxygens (including phenoxy) is 1. The quantitative estimate of drug-likeness (QED) is 0.916. The lowest BCUT2D eigenvalue weighted by molar-refractivity contribution is 0.303. The highest BCUT2D eigenvalue weighted by Crippen LogP contribution is 2.28. The lowest BCUT2D eigenvalue weighted by atomic mass is 10.00. The van der Waals surface area contributed by atoms with Gasteiger partial charge in [0.25, 0.3) is 0 Å². The molecule has 1 aliphatic carbocycles. The van der Waals surface area contributed by atoms with Crippen molar-refractivity contribution in [3.63, 3.8) is 0 Å². The van der Waals surface area contributed by atoms with E-state index in [0.717, 1.165) is 16.9 Å². The van der Waals surface area contributed by atoms with Gasteiger partial charge in [-0.15, -0.1) is 0 Å². The summed E-state index contributed by atoms with van der Waals surface area (Å²) in [6, 6.07) is 15.5. The Bertz CT molecular complexity index is 563. The summed E-state index contributed by atoms with van der Waals surface area (Å²) in [5.74, 6) is 0.921. The van der Waals surface area contributed by atoms with E-state index in [-0.39, 0.29) is 6.04 Å². The van der Waals surface area contributed by atoms with Crippen LogP contribution < -0.4 is 10.5 Å². The molecule has 0 radical (unpaired) electrons. The smallest absolute Gasteiger partial charge is 0.119 e. The highest BCUT2D eigenvalue weighted by atomic mass is 35.5. The molecule has 0 heterocycles. The first-order valence-corrected chi connectivity index (χ1v) is 6.88. The Morgan fingerprint density at radius 3 is 2.42 bits per heavy atom. The minimum atomic E-state index is -0.159. The average molecular weight is 274 g/mol. The Balaban J connectivity index is 1.77. The van der Waals surface area contributed by atoms with Gasteiger partial charge in [-0.3, -0.25) is 0 Å². The van der Waals surface area contributed by atoms with Crippen molar-refractivity contribution in [1.82, 2.24) is 0 Å². The summed E-state index contributed by atoms with van der Waals surface area (Å²) in [5.41, 5.74) is 8.33. The van der Waals surface area contributed by atoms with Crippen molar-refractivity contribution in [3.8, 4) is 5.75 Å². The maximum absolute atomic E-state index is 6.25. The molecule has 0 amide bonds. The molecule has 1 atom stereocenters. The molecule has 0 aromatic heterocycles. The van der Waals surface area contributed by atoms with Crippen LogP contribution in [0.15, 0.2) is 48.5 Å². The van der Waals surface area contributed by atoms with Gasteiger partial charge in [0.2, 0.25) is 0 Å². The molecule has 1 aliphatic rings. The minimum Gasteiger partial charge on any atom is -0.490 e. The molecule has 2 aromatic rings. The average Bonchev–Trinajstić information content (AvgIpc) is 3.23. The van der Waals surface area contributed by atoms with Crippen molar-refractivity contribution >= 4 is 11.6 Å². The molecule has 0 bridgehead atoms. The van der Waals surface area contributed by atoms with Gasteiger partial charge in [0.1, 0.15) is 5.75 Å². The summed E-state index contributed by atoms with van der Waals surface area (Å²) in [5, 5.41) is 0.710. The third kappa shape index (κ3) is 3.09. The molecule has 98 valence electrons. The molecule has 2 aromatic carbocycles. The van der Waals surface area contributed by atoms with Crippen LogP contribution >= 0.6 is 11.6 Å². The van der Waals surface area contributed by atoms with Crippen molar-refractivity contribution in [2.75, 3.05) is 0 Å². The molecule has 2 nitrogen and oxygen atoms in total.